The van der Waals surface area contributed by atoms with Crippen LogP contribution >= 0.6 is 0 Å². The summed E-state index contributed by atoms with van der Waals surface area (Å²) >= 11 is 0. The van der Waals surface area contributed by atoms with Crippen molar-refractivity contribution in [2.24, 2.45) is 5.92 Å². The first kappa shape index (κ1) is 23.4. The molecule has 1 aliphatic carbocycles. The number of nitrogens with one attached hydrogen (secondary N) is 1. The third-order valence-electron chi connectivity index (χ3n) is 7.14. The van der Waals surface area contributed by atoms with Crippen molar-refractivity contribution >= 4 is 27.8 Å². The number of carboxylic acids is 1. The lowest BCUT2D eigenvalue weighted by molar-refractivity contribution is -0.141. The number of ether oxygens (including phenoxy) is 1. The van der Waals surface area contributed by atoms with Crippen LogP contribution in [0.2, 0.25) is 0 Å². The average Bonchev–Trinajstić information content (AvgIpc) is 3.52. The minimum Gasteiger partial charge on any atom is -0.481 e. The molecule has 4 aromatic rings. The minimum atomic E-state index is -1.02. The maximum absolute atomic E-state index is 16.1. The Balaban J connectivity index is 1.92. The molecule has 35 heavy (non-hydrogen) atoms. The third kappa shape index (κ3) is 3.69. The average molecular weight is 486 g/mol. The summed E-state index contributed by atoms with van der Waals surface area (Å²) in [6.45, 7) is 4.16. The van der Waals surface area contributed by atoms with Gasteiger partial charge in [0.1, 0.15) is 5.52 Å². The van der Waals surface area contributed by atoms with Crippen LogP contribution in [0.5, 0.6) is 0 Å². The summed E-state index contributed by atoms with van der Waals surface area (Å²) in [5.41, 5.74) is 1.77. The molecule has 2 atom stereocenters. The molecule has 0 amide bonds. The number of aromatic amines is 1. The Bertz CT molecular complexity index is 1460. The van der Waals surface area contributed by atoms with Gasteiger partial charge in [-0.3, -0.25) is 9.89 Å². The maximum atomic E-state index is 16.1. The molecule has 2 heterocycles. The number of rotatable bonds is 6. The van der Waals surface area contributed by atoms with Crippen LogP contribution < -0.4 is 0 Å². The molecular weight excluding hydrogens is 459 g/mol. The highest BCUT2D eigenvalue weighted by molar-refractivity contribution is 6.00. The van der Waals surface area contributed by atoms with Crippen molar-refractivity contribution in [2.45, 2.75) is 44.4 Å². The Morgan fingerprint density at radius 2 is 2.00 bits per heavy atom. The number of hydrogen-bond acceptors (Lipinski definition) is 3. The lowest BCUT2D eigenvalue weighted by Crippen LogP contribution is -2.28. The normalized spacial score (nSPS) is 18.7. The summed E-state index contributed by atoms with van der Waals surface area (Å²) in [5.74, 6) is -4.12. The molecule has 1 saturated carbocycles. The van der Waals surface area contributed by atoms with Gasteiger partial charge in [0.15, 0.2) is 17.5 Å². The van der Waals surface area contributed by atoms with Gasteiger partial charge in [-0.2, -0.15) is 5.10 Å². The minimum absolute atomic E-state index is 0.230. The van der Waals surface area contributed by atoms with E-state index in [1.165, 1.54) is 12.3 Å². The summed E-state index contributed by atoms with van der Waals surface area (Å²) in [5, 5.41) is 17.2. The smallest absolute Gasteiger partial charge is 0.306 e. The number of hydrogen-bond donors (Lipinski definition) is 2. The number of nitrogens with zero attached hydrogens (tertiary/aromatic N) is 2. The number of methoxy groups -OCH3 is 1. The lowest BCUT2D eigenvalue weighted by Gasteiger charge is -2.29. The van der Waals surface area contributed by atoms with E-state index in [2.05, 4.69) is 10.2 Å². The zero-order valence-electron chi connectivity index (χ0n) is 19.7. The number of aliphatic carboxylic acids is 1. The van der Waals surface area contributed by atoms with Gasteiger partial charge in [0.05, 0.1) is 24.2 Å². The molecule has 6 nitrogen and oxygen atoms in total. The molecule has 1 aliphatic rings. The zero-order chi connectivity index (χ0) is 25.1. The van der Waals surface area contributed by atoms with Gasteiger partial charge in [0.2, 0.25) is 0 Å². The van der Waals surface area contributed by atoms with E-state index in [0.717, 1.165) is 12.1 Å². The van der Waals surface area contributed by atoms with Crippen LogP contribution in [0.25, 0.3) is 27.5 Å². The van der Waals surface area contributed by atoms with E-state index >= 15 is 4.39 Å². The number of halogens is 3. The van der Waals surface area contributed by atoms with Crippen molar-refractivity contribution in [3.05, 3.63) is 59.2 Å². The fraction of sp³-hybridized carbons (Fsp3) is 0.385. The fourth-order valence-electron chi connectivity index (χ4n) is 5.68. The van der Waals surface area contributed by atoms with E-state index in [1.807, 2.05) is 13.8 Å². The predicted molar refractivity (Wildman–Crippen MR) is 125 cm³/mol. The van der Waals surface area contributed by atoms with Crippen LogP contribution in [0.15, 0.2) is 30.5 Å². The first-order chi connectivity index (χ1) is 16.6. The highest BCUT2D eigenvalue weighted by Gasteiger charge is 2.40. The first-order valence-corrected chi connectivity index (χ1v) is 11.5. The second-order valence-corrected chi connectivity index (χ2v) is 9.98. The number of H-pyrrole nitrogens is 1. The van der Waals surface area contributed by atoms with Crippen molar-refractivity contribution in [1.82, 2.24) is 14.8 Å². The molecule has 0 saturated heterocycles. The molecule has 0 spiro atoms. The van der Waals surface area contributed by atoms with Crippen LogP contribution in [0.1, 0.15) is 50.3 Å². The maximum Gasteiger partial charge on any atom is 0.306 e. The molecule has 184 valence electrons. The fourth-order valence-corrected chi connectivity index (χ4v) is 5.68. The molecular formula is C26H26F3N3O3. The summed E-state index contributed by atoms with van der Waals surface area (Å²) in [6, 6.07) is 5.38. The summed E-state index contributed by atoms with van der Waals surface area (Å²) in [4.78, 5) is 11.7. The quantitative estimate of drug-likeness (QED) is 0.361. The lowest BCUT2D eigenvalue weighted by atomic mass is 9.82. The van der Waals surface area contributed by atoms with Gasteiger partial charge in [0, 0.05) is 40.7 Å². The Morgan fingerprint density at radius 3 is 2.66 bits per heavy atom. The van der Waals surface area contributed by atoms with E-state index in [0.29, 0.717) is 52.5 Å². The summed E-state index contributed by atoms with van der Waals surface area (Å²) < 4.78 is 51.7. The van der Waals surface area contributed by atoms with E-state index < -0.39 is 34.8 Å². The standard InChI is InChI=1S/C26H26F3N3O3/c1-26(2,12-35-3)24-20(13-4-5-14(8-13)25(33)34)21-19(9-15-11-30-31-23(15)22(21)29)32(24)16-6-7-17(27)18(28)10-16/h6-7,9-11,13-14H,4-5,8,12H2,1-3H3,(H,30,31)(H,33,34). The third-order valence-corrected chi connectivity index (χ3v) is 7.14. The number of aromatic nitrogens is 3. The molecule has 9 heteroatoms. The van der Waals surface area contributed by atoms with Gasteiger partial charge >= 0.3 is 5.97 Å². The van der Waals surface area contributed by atoms with Gasteiger partial charge in [-0.1, -0.05) is 13.8 Å². The second-order valence-electron chi connectivity index (χ2n) is 9.98. The van der Waals surface area contributed by atoms with Crippen molar-refractivity contribution in [2.75, 3.05) is 13.7 Å². The van der Waals surface area contributed by atoms with Crippen LogP contribution in [0.4, 0.5) is 13.2 Å². The van der Waals surface area contributed by atoms with Crippen molar-refractivity contribution in [3.8, 4) is 5.69 Å². The molecule has 2 N–H and O–H groups in total. The van der Waals surface area contributed by atoms with Gasteiger partial charge < -0.3 is 14.4 Å². The van der Waals surface area contributed by atoms with Crippen LogP contribution in [-0.4, -0.2) is 39.6 Å². The van der Waals surface area contributed by atoms with Crippen LogP contribution in [0.3, 0.4) is 0 Å². The highest BCUT2D eigenvalue weighted by atomic mass is 19.2. The molecule has 2 aromatic heterocycles. The van der Waals surface area contributed by atoms with Gasteiger partial charge in [0.25, 0.3) is 0 Å². The van der Waals surface area contributed by atoms with E-state index in [9.17, 15) is 18.7 Å². The SMILES string of the molecule is COCC(C)(C)c1c(C2CCC(C(=O)O)C2)c2c(F)c3[nH]ncc3cc2n1-c1ccc(F)c(F)c1. The largest absolute Gasteiger partial charge is 0.481 e. The van der Waals surface area contributed by atoms with E-state index in [1.54, 1.807) is 17.7 Å². The molecule has 2 aromatic carbocycles. The first-order valence-electron chi connectivity index (χ1n) is 11.5. The molecule has 2 unspecified atom stereocenters. The van der Waals surface area contributed by atoms with Crippen LogP contribution in [-0.2, 0) is 14.9 Å². The Labute approximate surface area is 199 Å². The predicted octanol–water partition coefficient (Wildman–Crippen LogP) is 5.82. The van der Waals surface area contributed by atoms with Crippen LogP contribution in [0, 0.1) is 23.4 Å². The second kappa shape index (κ2) is 8.41. The van der Waals surface area contributed by atoms with Gasteiger partial charge in [-0.15, -0.1) is 0 Å². The Hall–Kier alpha value is -3.33. The number of carboxylic acid groups (broad SMARTS) is 1. The monoisotopic (exact) mass is 485 g/mol. The molecule has 5 rings (SSSR count). The number of fused-ring (bicyclic) bond motifs is 2. The van der Waals surface area contributed by atoms with Crippen molar-refractivity contribution in [3.63, 3.8) is 0 Å². The summed E-state index contributed by atoms with van der Waals surface area (Å²) in [6.07, 6.45) is 2.93. The number of carbonyl (C=O) groups is 1. The van der Waals surface area contributed by atoms with Crippen molar-refractivity contribution < 1.29 is 27.8 Å². The number of benzene rings is 2. The topological polar surface area (TPSA) is 80.1 Å². The van der Waals surface area contributed by atoms with Gasteiger partial charge in [-0.25, -0.2) is 13.2 Å². The van der Waals surface area contributed by atoms with E-state index in [4.69, 9.17) is 4.74 Å². The molecule has 0 aliphatic heterocycles. The Kier molecular flexibility index (Phi) is 5.62. The van der Waals surface area contributed by atoms with Crippen molar-refractivity contribution in [1.29, 1.82) is 0 Å². The molecule has 0 radical (unpaired) electrons. The molecule has 0 bridgehead atoms. The highest BCUT2D eigenvalue weighted by Crippen LogP contribution is 2.49. The Morgan fingerprint density at radius 1 is 1.23 bits per heavy atom. The summed E-state index contributed by atoms with van der Waals surface area (Å²) in [7, 11) is 1.57. The van der Waals surface area contributed by atoms with Gasteiger partial charge in [-0.05, 0) is 48.9 Å². The van der Waals surface area contributed by atoms with E-state index in [-0.39, 0.29) is 18.0 Å². The zero-order valence-corrected chi connectivity index (χ0v) is 19.7. The molecule has 1 fully saturated rings.